The number of benzene rings is 1. The summed E-state index contributed by atoms with van der Waals surface area (Å²) in [5.74, 6) is 0. The van der Waals surface area contributed by atoms with E-state index in [0.29, 0.717) is 0 Å². The van der Waals surface area contributed by atoms with Crippen LogP contribution in [0.25, 0.3) is 0 Å². The molecular weight excluding hydrogens is 320 g/mol. The van der Waals surface area contributed by atoms with Gasteiger partial charge < -0.3 is 10.2 Å². The molecule has 0 saturated carbocycles. The van der Waals surface area contributed by atoms with Crippen LogP contribution in [-0.2, 0) is 6.54 Å². The third-order valence-electron chi connectivity index (χ3n) is 2.98. The molecule has 1 heterocycles. The normalized spacial score (nSPS) is 10.6. The van der Waals surface area contributed by atoms with Crippen molar-refractivity contribution >= 4 is 33.0 Å². The first-order chi connectivity index (χ1) is 9.29. The number of hydrogen-bond donors (Lipinski definition) is 1. The number of likely N-dealkylation sites (N-methyl/N-ethyl adjacent to an activating group) is 1. The average Bonchev–Trinajstić information content (AvgIpc) is 2.86. The van der Waals surface area contributed by atoms with E-state index in [1.54, 1.807) is 11.3 Å². The Hall–Kier alpha value is -0.840. The van der Waals surface area contributed by atoms with E-state index in [2.05, 4.69) is 74.8 Å². The molecule has 19 heavy (non-hydrogen) atoms. The fraction of sp³-hybridized carbons (Fsp3) is 0.333. The van der Waals surface area contributed by atoms with Gasteiger partial charge in [-0.15, -0.1) is 11.3 Å². The number of hydrogen-bond acceptors (Lipinski definition) is 3. The smallest absolute Gasteiger partial charge is 0.0366 e. The van der Waals surface area contributed by atoms with Gasteiger partial charge in [0, 0.05) is 46.6 Å². The number of nitrogens with zero attached hydrogens (tertiary/aromatic N) is 1. The molecule has 1 aromatic heterocycles. The Morgan fingerprint density at radius 3 is 2.68 bits per heavy atom. The van der Waals surface area contributed by atoms with Gasteiger partial charge in [-0.3, -0.25) is 0 Å². The minimum absolute atomic E-state index is 0.947. The minimum atomic E-state index is 0.947. The summed E-state index contributed by atoms with van der Waals surface area (Å²) >= 11 is 5.27. The molecule has 0 radical (unpaired) electrons. The number of halogens is 1. The van der Waals surface area contributed by atoms with E-state index in [4.69, 9.17) is 0 Å². The lowest BCUT2D eigenvalue weighted by Gasteiger charge is -2.23. The topological polar surface area (TPSA) is 15.3 Å². The highest BCUT2D eigenvalue weighted by molar-refractivity contribution is 9.10. The quantitative estimate of drug-likeness (QED) is 0.763. The van der Waals surface area contributed by atoms with E-state index in [0.717, 1.165) is 26.2 Å². The van der Waals surface area contributed by atoms with Gasteiger partial charge in [0.15, 0.2) is 0 Å². The number of anilines is 1. The second-order valence-electron chi connectivity index (χ2n) is 4.32. The van der Waals surface area contributed by atoms with Crippen LogP contribution < -0.4 is 10.2 Å². The van der Waals surface area contributed by atoms with Crippen LogP contribution in [0.3, 0.4) is 0 Å². The van der Waals surface area contributed by atoms with Crippen molar-refractivity contribution in [3.8, 4) is 0 Å². The molecule has 2 nitrogen and oxygen atoms in total. The molecular formula is C15H19BrN2S. The third-order valence-corrected chi connectivity index (χ3v) is 4.68. The summed E-state index contributed by atoms with van der Waals surface area (Å²) in [6, 6.07) is 12.7. The number of nitrogens with one attached hydrogen (secondary N) is 1. The second-order valence-corrected chi connectivity index (χ2v) is 6.23. The third kappa shape index (κ3) is 4.64. The maximum absolute atomic E-state index is 3.50. The van der Waals surface area contributed by atoms with Crippen LogP contribution >= 0.6 is 27.3 Å². The van der Waals surface area contributed by atoms with Crippen molar-refractivity contribution in [2.24, 2.45) is 0 Å². The van der Waals surface area contributed by atoms with Crippen LogP contribution in [0.15, 0.2) is 46.3 Å². The van der Waals surface area contributed by atoms with Gasteiger partial charge in [-0.2, -0.15) is 0 Å². The molecule has 0 saturated heterocycles. The Labute approximate surface area is 127 Å². The van der Waals surface area contributed by atoms with Crippen LogP contribution in [0.2, 0.25) is 0 Å². The van der Waals surface area contributed by atoms with Gasteiger partial charge in [0.25, 0.3) is 0 Å². The Bertz CT molecular complexity index is 484. The van der Waals surface area contributed by atoms with Gasteiger partial charge in [0.05, 0.1) is 0 Å². The van der Waals surface area contributed by atoms with Gasteiger partial charge >= 0.3 is 0 Å². The van der Waals surface area contributed by atoms with Crippen molar-refractivity contribution in [2.75, 3.05) is 24.5 Å². The molecule has 1 aromatic carbocycles. The second kappa shape index (κ2) is 7.68. The van der Waals surface area contributed by atoms with Crippen molar-refractivity contribution in [3.63, 3.8) is 0 Å². The van der Waals surface area contributed by atoms with Crippen LogP contribution in [0.4, 0.5) is 5.69 Å². The molecule has 0 amide bonds. The summed E-state index contributed by atoms with van der Waals surface area (Å²) in [4.78, 5) is 3.76. The van der Waals surface area contributed by atoms with Crippen LogP contribution in [-0.4, -0.2) is 19.6 Å². The Kier molecular flexibility index (Phi) is 5.89. The lowest BCUT2D eigenvalue weighted by atomic mass is 10.3. The average molecular weight is 339 g/mol. The molecule has 0 aliphatic carbocycles. The zero-order chi connectivity index (χ0) is 13.5. The molecule has 2 rings (SSSR count). The molecule has 0 spiro atoms. The van der Waals surface area contributed by atoms with E-state index in [1.807, 2.05) is 0 Å². The first-order valence-corrected chi connectivity index (χ1v) is 8.20. The fourth-order valence-electron chi connectivity index (χ4n) is 1.98. The molecule has 0 bridgehead atoms. The zero-order valence-electron chi connectivity index (χ0n) is 11.1. The predicted octanol–water partition coefficient (Wildman–Crippen LogP) is 4.13. The summed E-state index contributed by atoms with van der Waals surface area (Å²) in [5.41, 5.74) is 1.30. The van der Waals surface area contributed by atoms with Gasteiger partial charge in [-0.05, 0) is 41.1 Å². The molecule has 0 fully saturated rings. The van der Waals surface area contributed by atoms with Crippen molar-refractivity contribution in [1.29, 1.82) is 0 Å². The van der Waals surface area contributed by atoms with E-state index in [9.17, 15) is 0 Å². The van der Waals surface area contributed by atoms with E-state index >= 15 is 0 Å². The van der Waals surface area contributed by atoms with Crippen molar-refractivity contribution in [2.45, 2.75) is 13.5 Å². The van der Waals surface area contributed by atoms with Gasteiger partial charge in [0.2, 0.25) is 0 Å². The first kappa shape index (κ1) is 14.6. The largest absolute Gasteiger partial charge is 0.371 e. The van der Waals surface area contributed by atoms with Gasteiger partial charge in [-0.1, -0.05) is 18.2 Å². The number of thiophene rings is 1. The van der Waals surface area contributed by atoms with Gasteiger partial charge in [0.1, 0.15) is 0 Å². The summed E-state index contributed by atoms with van der Waals surface area (Å²) in [5, 5.41) is 5.62. The summed E-state index contributed by atoms with van der Waals surface area (Å²) < 4.78 is 1.17. The monoisotopic (exact) mass is 338 g/mol. The summed E-state index contributed by atoms with van der Waals surface area (Å²) in [6.45, 7) is 6.22. The van der Waals surface area contributed by atoms with Crippen LogP contribution in [0.5, 0.6) is 0 Å². The molecule has 0 atom stereocenters. The SMILES string of the molecule is CCN(CCNCc1cc(Br)cs1)c1ccccc1. The van der Waals surface area contributed by atoms with E-state index in [-0.39, 0.29) is 0 Å². The van der Waals surface area contributed by atoms with E-state index < -0.39 is 0 Å². The Morgan fingerprint density at radius 2 is 2.05 bits per heavy atom. The highest BCUT2D eigenvalue weighted by Gasteiger charge is 2.03. The van der Waals surface area contributed by atoms with Crippen LogP contribution in [0, 0.1) is 0 Å². The standard InChI is InChI=1S/C15H19BrN2S/c1-2-18(14-6-4-3-5-7-14)9-8-17-11-15-10-13(16)12-19-15/h3-7,10,12,17H,2,8-9,11H2,1H3. The number of rotatable bonds is 7. The molecule has 0 aliphatic heterocycles. The molecule has 1 N–H and O–H groups in total. The molecule has 2 aromatic rings. The van der Waals surface area contributed by atoms with Crippen molar-refractivity contribution < 1.29 is 0 Å². The minimum Gasteiger partial charge on any atom is -0.371 e. The molecule has 0 unspecified atom stereocenters. The van der Waals surface area contributed by atoms with Crippen molar-refractivity contribution in [3.05, 3.63) is 51.1 Å². The fourth-order valence-corrected chi connectivity index (χ4v) is 3.40. The molecule has 0 aliphatic rings. The highest BCUT2D eigenvalue weighted by Crippen LogP contribution is 2.19. The summed E-state index contributed by atoms with van der Waals surface area (Å²) in [7, 11) is 0. The highest BCUT2D eigenvalue weighted by atomic mass is 79.9. The summed E-state index contributed by atoms with van der Waals surface area (Å²) in [6.07, 6.45) is 0. The molecule has 4 heteroatoms. The predicted molar refractivity (Wildman–Crippen MR) is 88.1 cm³/mol. The lowest BCUT2D eigenvalue weighted by Crippen LogP contribution is -2.31. The molecule has 102 valence electrons. The van der Waals surface area contributed by atoms with Crippen LogP contribution in [0.1, 0.15) is 11.8 Å². The van der Waals surface area contributed by atoms with E-state index in [1.165, 1.54) is 15.0 Å². The maximum atomic E-state index is 3.50. The van der Waals surface area contributed by atoms with Crippen molar-refractivity contribution in [1.82, 2.24) is 5.32 Å². The van der Waals surface area contributed by atoms with Gasteiger partial charge in [-0.25, -0.2) is 0 Å². The Balaban J connectivity index is 1.75. The number of para-hydroxylation sites is 1. The first-order valence-electron chi connectivity index (χ1n) is 6.53. The maximum Gasteiger partial charge on any atom is 0.0366 e. The lowest BCUT2D eigenvalue weighted by molar-refractivity contribution is 0.670. The zero-order valence-corrected chi connectivity index (χ0v) is 13.5. The Morgan fingerprint density at radius 1 is 1.26 bits per heavy atom.